The Kier molecular flexibility index (Phi) is 5.85. The number of carbonyl (C=O) groups excluding carboxylic acids is 1. The van der Waals surface area contributed by atoms with Crippen molar-refractivity contribution in [3.05, 3.63) is 17.5 Å². The molecule has 1 aromatic heterocycles. The van der Waals surface area contributed by atoms with Crippen LogP contribution in [0.1, 0.15) is 55.3 Å². The largest absolute Gasteiger partial charge is 0.396 e. The summed E-state index contributed by atoms with van der Waals surface area (Å²) >= 11 is 0. The van der Waals surface area contributed by atoms with E-state index in [1.807, 2.05) is 17.7 Å². The maximum atomic E-state index is 11.8. The molecule has 1 amide bonds. The molecule has 1 heterocycles. The molecule has 18 heavy (non-hydrogen) atoms. The lowest BCUT2D eigenvalue weighted by molar-refractivity contribution is 0.0945. The first-order chi connectivity index (χ1) is 8.63. The fraction of sp³-hybridized carbons (Fsp3) is 0.692. The highest BCUT2D eigenvalue weighted by Gasteiger charge is 2.15. The van der Waals surface area contributed by atoms with E-state index in [4.69, 9.17) is 5.11 Å². The Bertz CT molecular complexity index is 384. The van der Waals surface area contributed by atoms with Crippen LogP contribution in [0.4, 0.5) is 0 Å². The van der Waals surface area contributed by atoms with Gasteiger partial charge >= 0.3 is 0 Å². The van der Waals surface area contributed by atoms with Crippen molar-refractivity contribution in [1.82, 2.24) is 15.1 Å². The van der Waals surface area contributed by atoms with E-state index in [1.165, 1.54) is 0 Å². The molecule has 5 heteroatoms. The summed E-state index contributed by atoms with van der Waals surface area (Å²) in [5, 5.41) is 15.8. The number of nitrogens with zero attached hydrogens (tertiary/aromatic N) is 2. The van der Waals surface area contributed by atoms with Gasteiger partial charge in [-0.1, -0.05) is 13.8 Å². The van der Waals surface area contributed by atoms with E-state index in [-0.39, 0.29) is 12.5 Å². The zero-order chi connectivity index (χ0) is 13.5. The van der Waals surface area contributed by atoms with E-state index in [9.17, 15) is 4.79 Å². The smallest absolute Gasteiger partial charge is 0.271 e. The fourth-order valence-electron chi connectivity index (χ4n) is 1.97. The number of aliphatic hydroxyl groups is 1. The van der Waals surface area contributed by atoms with Gasteiger partial charge in [0.1, 0.15) is 5.69 Å². The van der Waals surface area contributed by atoms with Crippen LogP contribution in [0.25, 0.3) is 0 Å². The van der Waals surface area contributed by atoms with E-state index >= 15 is 0 Å². The second-order valence-electron chi connectivity index (χ2n) is 4.42. The predicted molar refractivity (Wildman–Crippen MR) is 70.6 cm³/mol. The normalized spacial score (nSPS) is 10.9. The van der Waals surface area contributed by atoms with Gasteiger partial charge in [0.15, 0.2) is 0 Å². The summed E-state index contributed by atoms with van der Waals surface area (Å²) in [4.78, 5) is 11.8. The second-order valence-corrected chi connectivity index (χ2v) is 4.42. The molecule has 0 aliphatic heterocycles. The minimum Gasteiger partial charge on any atom is -0.396 e. The zero-order valence-electron chi connectivity index (χ0n) is 11.4. The van der Waals surface area contributed by atoms with Crippen LogP contribution in [0.15, 0.2) is 6.07 Å². The molecular weight excluding hydrogens is 230 g/mol. The molecule has 102 valence electrons. The molecule has 0 atom stereocenters. The number of carbonyl (C=O) groups is 1. The third-order valence-corrected chi connectivity index (χ3v) is 3.06. The quantitative estimate of drug-likeness (QED) is 0.726. The van der Waals surface area contributed by atoms with Gasteiger partial charge in [0, 0.05) is 18.8 Å². The SMILES string of the molecule is CCC(CC)n1nc(C(=O)NCCCO)cc1C. The number of hydrogen-bond acceptors (Lipinski definition) is 3. The third-order valence-electron chi connectivity index (χ3n) is 3.06. The predicted octanol–water partition coefficient (Wildman–Crippen LogP) is 1.66. The molecule has 0 radical (unpaired) electrons. The lowest BCUT2D eigenvalue weighted by Crippen LogP contribution is -2.25. The van der Waals surface area contributed by atoms with Gasteiger partial charge in [0.25, 0.3) is 5.91 Å². The molecule has 0 aliphatic carbocycles. The summed E-state index contributed by atoms with van der Waals surface area (Å²) in [5.41, 5.74) is 1.47. The average molecular weight is 253 g/mol. The van der Waals surface area contributed by atoms with Gasteiger partial charge in [-0.05, 0) is 32.3 Å². The van der Waals surface area contributed by atoms with Gasteiger partial charge in [-0.3, -0.25) is 9.48 Å². The van der Waals surface area contributed by atoms with Gasteiger partial charge in [-0.15, -0.1) is 0 Å². The van der Waals surface area contributed by atoms with Crippen LogP contribution in [0.2, 0.25) is 0 Å². The van der Waals surface area contributed by atoms with E-state index < -0.39 is 0 Å². The zero-order valence-corrected chi connectivity index (χ0v) is 11.4. The first kappa shape index (κ1) is 14.7. The van der Waals surface area contributed by atoms with Gasteiger partial charge < -0.3 is 10.4 Å². The monoisotopic (exact) mass is 253 g/mol. The Morgan fingerprint density at radius 1 is 1.50 bits per heavy atom. The summed E-state index contributed by atoms with van der Waals surface area (Å²) < 4.78 is 1.93. The van der Waals surface area contributed by atoms with Gasteiger partial charge in [-0.2, -0.15) is 5.10 Å². The maximum absolute atomic E-state index is 11.8. The minimum absolute atomic E-state index is 0.0848. The maximum Gasteiger partial charge on any atom is 0.271 e. The molecule has 2 N–H and O–H groups in total. The molecule has 0 saturated heterocycles. The van der Waals surface area contributed by atoms with Crippen LogP contribution in [0.5, 0.6) is 0 Å². The van der Waals surface area contributed by atoms with E-state index in [0.717, 1.165) is 18.5 Å². The Hall–Kier alpha value is -1.36. The number of nitrogens with one attached hydrogen (secondary N) is 1. The van der Waals surface area contributed by atoms with Crippen molar-refractivity contribution in [1.29, 1.82) is 0 Å². The van der Waals surface area contributed by atoms with Crippen molar-refractivity contribution in [3.8, 4) is 0 Å². The number of aliphatic hydroxyl groups excluding tert-OH is 1. The second kappa shape index (κ2) is 7.16. The summed E-state index contributed by atoms with van der Waals surface area (Å²) in [5.74, 6) is -0.170. The van der Waals surface area contributed by atoms with Crippen LogP contribution in [-0.4, -0.2) is 33.9 Å². The van der Waals surface area contributed by atoms with Crippen LogP contribution >= 0.6 is 0 Å². The Morgan fingerprint density at radius 2 is 2.17 bits per heavy atom. The van der Waals surface area contributed by atoms with Crippen molar-refractivity contribution >= 4 is 5.91 Å². The minimum atomic E-state index is -0.170. The molecule has 0 fully saturated rings. The lowest BCUT2D eigenvalue weighted by Gasteiger charge is -2.14. The Labute approximate surface area is 108 Å². The van der Waals surface area contributed by atoms with Crippen LogP contribution < -0.4 is 5.32 Å². The van der Waals surface area contributed by atoms with Crippen LogP contribution in [0.3, 0.4) is 0 Å². The summed E-state index contributed by atoms with van der Waals surface area (Å²) in [6.45, 7) is 6.77. The third kappa shape index (κ3) is 3.57. The number of amides is 1. The summed E-state index contributed by atoms with van der Waals surface area (Å²) in [7, 11) is 0. The fourth-order valence-corrected chi connectivity index (χ4v) is 1.97. The molecule has 0 bridgehead atoms. The molecule has 0 aliphatic rings. The molecule has 0 spiro atoms. The van der Waals surface area contributed by atoms with Crippen LogP contribution in [-0.2, 0) is 0 Å². The molecule has 0 unspecified atom stereocenters. The van der Waals surface area contributed by atoms with Gasteiger partial charge in [0.2, 0.25) is 0 Å². The molecule has 1 aromatic rings. The van der Waals surface area contributed by atoms with Crippen molar-refractivity contribution in [3.63, 3.8) is 0 Å². The number of aryl methyl sites for hydroxylation is 1. The average Bonchev–Trinajstić information content (AvgIpc) is 2.74. The number of aromatic nitrogens is 2. The summed E-state index contributed by atoms with van der Waals surface area (Å²) in [6.07, 6.45) is 2.58. The topological polar surface area (TPSA) is 67.2 Å². The molecule has 1 rings (SSSR count). The van der Waals surface area contributed by atoms with E-state index in [1.54, 1.807) is 0 Å². The highest BCUT2D eigenvalue weighted by atomic mass is 16.3. The first-order valence-electron chi connectivity index (χ1n) is 6.59. The summed E-state index contributed by atoms with van der Waals surface area (Å²) in [6, 6.07) is 2.16. The van der Waals surface area contributed by atoms with Crippen LogP contribution in [0, 0.1) is 6.92 Å². The molecule has 0 saturated carbocycles. The Balaban J connectivity index is 2.73. The van der Waals surface area contributed by atoms with Crippen molar-refractivity contribution in [2.45, 2.75) is 46.1 Å². The van der Waals surface area contributed by atoms with Gasteiger partial charge in [0.05, 0.1) is 6.04 Å². The van der Waals surface area contributed by atoms with Crippen molar-refractivity contribution in [2.75, 3.05) is 13.2 Å². The van der Waals surface area contributed by atoms with Crippen molar-refractivity contribution < 1.29 is 9.90 Å². The Morgan fingerprint density at radius 3 is 2.72 bits per heavy atom. The molecular formula is C13H23N3O2. The number of rotatable bonds is 7. The first-order valence-corrected chi connectivity index (χ1v) is 6.59. The number of hydrogen-bond donors (Lipinski definition) is 2. The van der Waals surface area contributed by atoms with E-state index in [2.05, 4.69) is 24.3 Å². The highest BCUT2D eigenvalue weighted by Crippen LogP contribution is 2.17. The lowest BCUT2D eigenvalue weighted by atomic mass is 10.2. The van der Waals surface area contributed by atoms with E-state index in [0.29, 0.717) is 24.7 Å². The standard InChI is InChI=1S/C13H23N3O2/c1-4-11(5-2)16-10(3)9-12(15-16)13(18)14-7-6-8-17/h9,11,17H,4-8H2,1-3H3,(H,14,18). The molecule has 0 aromatic carbocycles. The van der Waals surface area contributed by atoms with Gasteiger partial charge in [-0.25, -0.2) is 0 Å². The van der Waals surface area contributed by atoms with Crippen molar-refractivity contribution in [2.24, 2.45) is 0 Å². The highest BCUT2D eigenvalue weighted by molar-refractivity contribution is 5.92. The molecule has 5 nitrogen and oxygen atoms in total.